The van der Waals surface area contributed by atoms with E-state index in [4.69, 9.17) is 11.5 Å². The minimum Gasteiger partial charge on any atom is -0.480 e. The molecule has 0 aliphatic rings. The highest BCUT2D eigenvalue weighted by atomic mass is 16.4. The van der Waals surface area contributed by atoms with E-state index in [1.165, 1.54) is 6.92 Å². The fourth-order valence-corrected chi connectivity index (χ4v) is 3.52. The molecule has 11 heteroatoms. The zero-order valence-electron chi connectivity index (χ0n) is 21.3. The van der Waals surface area contributed by atoms with Crippen molar-refractivity contribution >= 4 is 23.7 Å². The van der Waals surface area contributed by atoms with Gasteiger partial charge in [0.2, 0.25) is 17.7 Å². The zero-order valence-corrected chi connectivity index (χ0v) is 21.3. The van der Waals surface area contributed by atoms with Gasteiger partial charge in [-0.1, -0.05) is 50.6 Å². The molecule has 3 amide bonds. The number of nitrogens with one attached hydrogen (secondary N) is 3. The number of benzene rings is 1. The molecule has 0 saturated heterocycles. The molecule has 0 bridgehead atoms. The fourth-order valence-electron chi connectivity index (χ4n) is 3.52. The maximum atomic E-state index is 13.2. The lowest BCUT2D eigenvalue weighted by molar-refractivity contribution is -0.142. The first-order valence-corrected chi connectivity index (χ1v) is 12.3. The van der Waals surface area contributed by atoms with Crippen LogP contribution in [0.3, 0.4) is 0 Å². The third-order valence-electron chi connectivity index (χ3n) is 6.09. The zero-order chi connectivity index (χ0) is 27.3. The van der Waals surface area contributed by atoms with Crippen molar-refractivity contribution in [1.82, 2.24) is 16.0 Å². The summed E-state index contributed by atoms with van der Waals surface area (Å²) in [6.45, 7) is 5.38. The van der Waals surface area contributed by atoms with E-state index in [1.54, 1.807) is 37.3 Å². The topological polar surface area (TPSA) is 197 Å². The molecule has 1 aromatic carbocycles. The predicted octanol–water partition coefficient (Wildman–Crippen LogP) is -0.349. The molecular weight excluding hydrogens is 466 g/mol. The van der Waals surface area contributed by atoms with E-state index >= 15 is 0 Å². The maximum Gasteiger partial charge on any atom is 0.326 e. The van der Waals surface area contributed by atoms with Gasteiger partial charge in [0, 0.05) is 6.42 Å². The van der Waals surface area contributed by atoms with E-state index in [0.717, 1.165) is 5.56 Å². The molecule has 0 aliphatic carbocycles. The number of unbranched alkanes of at least 4 members (excludes halogenated alkanes) is 1. The Morgan fingerprint density at radius 1 is 0.917 bits per heavy atom. The van der Waals surface area contributed by atoms with Crippen molar-refractivity contribution in [2.75, 3.05) is 6.54 Å². The minimum atomic E-state index is -1.22. The van der Waals surface area contributed by atoms with Crippen LogP contribution in [0.1, 0.15) is 52.0 Å². The molecule has 6 atom stereocenters. The van der Waals surface area contributed by atoms with Gasteiger partial charge in [-0.2, -0.15) is 0 Å². The number of carboxylic acids is 1. The summed E-state index contributed by atoms with van der Waals surface area (Å²) in [5.41, 5.74) is 12.0. The predicted molar refractivity (Wildman–Crippen MR) is 136 cm³/mol. The molecule has 0 fully saturated rings. The van der Waals surface area contributed by atoms with Gasteiger partial charge in [0.05, 0.1) is 6.10 Å². The van der Waals surface area contributed by atoms with Gasteiger partial charge >= 0.3 is 5.97 Å². The molecule has 11 nitrogen and oxygen atoms in total. The number of nitrogens with two attached hydrogens (primary N) is 2. The van der Waals surface area contributed by atoms with Crippen molar-refractivity contribution in [3.8, 4) is 0 Å². The standard InChI is InChI=1S/C25H41N5O6/c1-4-15(2)21(30-23(33)20(27)16(3)31)24(34)28-18(12-8-9-13-26)22(32)29-19(25(35)36)14-17-10-6-5-7-11-17/h5-7,10-11,15-16,18-21,31H,4,8-9,12-14,26-27H2,1-3H3,(H,28,34)(H,29,32)(H,30,33)(H,35,36). The second kappa shape index (κ2) is 15.9. The first kappa shape index (κ1) is 31.0. The smallest absolute Gasteiger partial charge is 0.326 e. The Balaban J connectivity index is 3.04. The molecule has 0 spiro atoms. The lowest BCUT2D eigenvalue weighted by Gasteiger charge is -2.28. The van der Waals surface area contributed by atoms with Crippen LogP contribution in [0, 0.1) is 5.92 Å². The summed E-state index contributed by atoms with van der Waals surface area (Å²) < 4.78 is 0. The fraction of sp³-hybridized carbons (Fsp3) is 0.600. The first-order valence-electron chi connectivity index (χ1n) is 12.3. The van der Waals surface area contributed by atoms with Crippen LogP contribution in [0.5, 0.6) is 0 Å². The molecule has 36 heavy (non-hydrogen) atoms. The van der Waals surface area contributed by atoms with Crippen molar-refractivity contribution in [2.24, 2.45) is 17.4 Å². The van der Waals surface area contributed by atoms with Crippen LogP contribution in [0.15, 0.2) is 30.3 Å². The highest BCUT2D eigenvalue weighted by Crippen LogP contribution is 2.11. The molecule has 1 rings (SSSR count). The van der Waals surface area contributed by atoms with E-state index in [0.29, 0.717) is 25.8 Å². The normalized spacial score (nSPS) is 16.1. The van der Waals surface area contributed by atoms with Gasteiger partial charge in [-0.15, -0.1) is 0 Å². The van der Waals surface area contributed by atoms with Crippen molar-refractivity contribution in [3.63, 3.8) is 0 Å². The summed E-state index contributed by atoms with van der Waals surface area (Å²) >= 11 is 0. The Kier molecular flexibility index (Phi) is 13.7. The highest BCUT2D eigenvalue weighted by molar-refractivity contribution is 5.94. The average molecular weight is 508 g/mol. The van der Waals surface area contributed by atoms with Crippen molar-refractivity contribution in [2.45, 2.75) is 83.1 Å². The van der Waals surface area contributed by atoms with Crippen molar-refractivity contribution in [1.29, 1.82) is 0 Å². The molecular formula is C25H41N5O6. The van der Waals surface area contributed by atoms with Crippen molar-refractivity contribution in [3.05, 3.63) is 35.9 Å². The number of carbonyl (C=O) groups is 4. The Hall–Kier alpha value is -3.02. The van der Waals surface area contributed by atoms with Crippen LogP contribution in [0.25, 0.3) is 0 Å². The van der Waals surface area contributed by atoms with Crippen LogP contribution in [0.4, 0.5) is 0 Å². The van der Waals surface area contributed by atoms with Gasteiger partial charge in [-0.3, -0.25) is 14.4 Å². The number of hydrogen-bond donors (Lipinski definition) is 7. The van der Waals surface area contributed by atoms with Crippen LogP contribution in [0.2, 0.25) is 0 Å². The molecule has 0 radical (unpaired) electrons. The molecule has 202 valence electrons. The van der Waals surface area contributed by atoms with Crippen LogP contribution < -0.4 is 27.4 Å². The SMILES string of the molecule is CCC(C)C(NC(=O)C(N)C(C)O)C(=O)NC(CCCCN)C(=O)NC(Cc1ccccc1)C(=O)O. The number of aliphatic hydroxyl groups is 1. The summed E-state index contributed by atoms with van der Waals surface area (Å²) in [5, 5.41) is 27.0. The molecule has 0 aliphatic heterocycles. The number of hydrogen-bond acceptors (Lipinski definition) is 7. The van der Waals surface area contributed by atoms with E-state index in [1.807, 2.05) is 6.92 Å². The summed E-state index contributed by atoms with van der Waals surface area (Å²) in [6, 6.07) is 4.44. The first-order chi connectivity index (χ1) is 17.0. The average Bonchev–Trinajstić information content (AvgIpc) is 2.85. The summed E-state index contributed by atoms with van der Waals surface area (Å²) in [7, 11) is 0. The van der Waals surface area contributed by atoms with Gasteiger partial charge in [0.25, 0.3) is 0 Å². The molecule has 1 aromatic rings. The number of rotatable bonds is 16. The second-order valence-electron chi connectivity index (χ2n) is 9.07. The number of amides is 3. The van der Waals surface area contributed by atoms with Crippen LogP contribution in [-0.2, 0) is 25.6 Å². The lowest BCUT2D eigenvalue weighted by Crippen LogP contribution is -2.59. The van der Waals surface area contributed by atoms with Crippen LogP contribution in [-0.4, -0.2) is 70.7 Å². The van der Waals surface area contributed by atoms with Gasteiger partial charge in [0.15, 0.2) is 0 Å². The minimum absolute atomic E-state index is 0.0775. The third-order valence-corrected chi connectivity index (χ3v) is 6.09. The monoisotopic (exact) mass is 507 g/mol. The van der Waals surface area contributed by atoms with Gasteiger partial charge < -0.3 is 37.6 Å². The summed E-state index contributed by atoms with van der Waals surface area (Å²) in [4.78, 5) is 50.5. The van der Waals surface area contributed by atoms with Crippen LogP contribution >= 0.6 is 0 Å². The van der Waals surface area contributed by atoms with E-state index in [-0.39, 0.29) is 18.8 Å². The lowest BCUT2D eigenvalue weighted by atomic mass is 9.96. The largest absolute Gasteiger partial charge is 0.480 e. The number of carboxylic acid groups (broad SMARTS) is 1. The summed E-state index contributed by atoms with van der Waals surface area (Å²) in [6.07, 6.45) is 0.886. The Morgan fingerprint density at radius 2 is 1.53 bits per heavy atom. The summed E-state index contributed by atoms with van der Waals surface area (Å²) in [5.74, 6) is -3.43. The Labute approximate surface area is 212 Å². The molecule has 6 unspecified atom stereocenters. The highest BCUT2D eigenvalue weighted by Gasteiger charge is 2.33. The van der Waals surface area contributed by atoms with E-state index < -0.39 is 54.0 Å². The second-order valence-corrected chi connectivity index (χ2v) is 9.07. The third kappa shape index (κ3) is 10.3. The number of aliphatic carboxylic acids is 1. The molecule has 0 aromatic heterocycles. The Morgan fingerprint density at radius 3 is 2.06 bits per heavy atom. The number of carbonyl (C=O) groups excluding carboxylic acids is 3. The molecule has 9 N–H and O–H groups in total. The van der Waals surface area contributed by atoms with Gasteiger partial charge in [0.1, 0.15) is 24.2 Å². The van der Waals surface area contributed by atoms with E-state index in [9.17, 15) is 29.4 Å². The maximum absolute atomic E-state index is 13.2. The Bertz CT molecular complexity index is 851. The van der Waals surface area contributed by atoms with Gasteiger partial charge in [-0.05, 0) is 44.2 Å². The van der Waals surface area contributed by atoms with Gasteiger partial charge in [-0.25, -0.2) is 4.79 Å². The number of aliphatic hydroxyl groups excluding tert-OH is 1. The quantitative estimate of drug-likeness (QED) is 0.147. The van der Waals surface area contributed by atoms with Crippen molar-refractivity contribution < 1.29 is 29.4 Å². The molecule has 0 saturated carbocycles. The van der Waals surface area contributed by atoms with E-state index in [2.05, 4.69) is 16.0 Å². The molecule has 0 heterocycles.